The van der Waals surface area contributed by atoms with Crippen molar-refractivity contribution in [3.63, 3.8) is 0 Å². The Hall–Kier alpha value is -1.03. The first-order valence-electron chi connectivity index (χ1n) is 4.87. The fourth-order valence-corrected chi connectivity index (χ4v) is 0.907. The number of hydrogen-bond donors (Lipinski definition) is 1. The number of esters is 1. The summed E-state index contributed by atoms with van der Waals surface area (Å²) in [7, 11) is 0. The van der Waals surface area contributed by atoms with Gasteiger partial charge in [-0.3, -0.25) is 4.79 Å². The Kier molecular flexibility index (Phi) is 7.93. The van der Waals surface area contributed by atoms with Crippen LogP contribution in [-0.4, -0.2) is 32.3 Å². The second kappa shape index (κ2) is 8.56. The van der Waals surface area contributed by atoms with Gasteiger partial charge in [0.2, 0.25) is 0 Å². The van der Waals surface area contributed by atoms with Gasteiger partial charge in [0.05, 0.1) is 25.5 Å². The van der Waals surface area contributed by atoms with Crippen LogP contribution in [0.5, 0.6) is 0 Å². The second-order valence-corrected chi connectivity index (χ2v) is 2.70. The van der Waals surface area contributed by atoms with Gasteiger partial charge in [-0.15, -0.1) is 0 Å². The largest absolute Gasteiger partial charge is 0.499 e. The van der Waals surface area contributed by atoms with Gasteiger partial charge in [-0.25, -0.2) is 0 Å². The van der Waals surface area contributed by atoms with E-state index in [9.17, 15) is 4.79 Å². The van der Waals surface area contributed by atoms with E-state index in [2.05, 4.69) is 11.9 Å². The predicted octanol–water partition coefficient (Wildman–Crippen LogP) is 1.08. The van der Waals surface area contributed by atoms with E-state index in [-0.39, 0.29) is 12.5 Å². The summed E-state index contributed by atoms with van der Waals surface area (Å²) >= 11 is 0. The molecule has 0 aromatic rings. The van der Waals surface area contributed by atoms with Crippen molar-refractivity contribution in [1.29, 1.82) is 0 Å². The number of carbonyl (C=O) groups is 1. The van der Waals surface area contributed by atoms with Crippen molar-refractivity contribution in [2.24, 2.45) is 0 Å². The van der Waals surface area contributed by atoms with Gasteiger partial charge >= 0.3 is 5.97 Å². The molecule has 0 atom stereocenters. The molecule has 0 radical (unpaired) electrons. The van der Waals surface area contributed by atoms with Crippen LogP contribution in [0.2, 0.25) is 0 Å². The minimum Gasteiger partial charge on any atom is -0.499 e. The summed E-state index contributed by atoms with van der Waals surface area (Å²) in [4.78, 5) is 10.9. The molecule has 0 unspecified atom stereocenters. The van der Waals surface area contributed by atoms with E-state index < -0.39 is 0 Å². The second-order valence-electron chi connectivity index (χ2n) is 2.70. The van der Waals surface area contributed by atoms with Gasteiger partial charge in [0.1, 0.15) is 0 Å². The van der Waals surface area contributed by atoms with E-state index in [1.165, 1.54) is 0 Å². The smallest absolute Gasteiger partial charge is 0.319 e. The zero-order valence-corrected chi connectivity index (χ0v) is 8.97. The lowest BCUT2D eigenvalue weighted by molar-refractivity contribution is -0.141. The van der Waals surface area contributed by atoms with Crippen LogP contribution in [0.15, 0.2) is 12.3 Å². The van der Waals surface area contributed by atoms with Crippen molar-refractivity contribution in [3.05, 3.63) is 12.3 Å². The Balaban J connectivity index is 3.28. The summed E-state index contributed by atoms with van der Waals surface area (Å²) in [5.41, 5.74) is 0. The van der Waals surface area contributed by atoms with Crippen molar-refractivity contribution in [3.8, 4) is 0 Å². The lowest BCUT2D eigenvalue weighted by Gasteiger charge is -2.07. The Bertz CT molecular complexity index is 160. The molecule has 0 spiro atoms. The molecule has 0 aromatic heterocycles. The van der Waals surface area contributed by atoms with Crippen LogP contribution in [0, 0.1) is 0 Å². The van der Waals surface area contributed by atoms with Gasteiger partial charge in [0.15, 0.2) is 0 Å². The van der Waals surface area contributed by atoms with Gasteiger partial charge in [-0.1, -0.05) is 6.58 Å². The molecule has 14 heavy (non-hydrogen) atoms. The van der Waals surface area contributed by atoms with Crippen molar-refractivity contribution in [1.82, 2.24) is 5.32 Å². The molecular weight excluding hydrogens is 182 g/mol. The molecule has 0 heterocycles. The van der Waals surface area contributed by atoms with Gasteiger partial charge in [0.25, 0.3) is 0 Å². The monoisotopic (exact) mass is 201 g/mol. The maximum absolute atomic E-state index is 10.9. The lowest BCUT2D eigenvalue weighted by Crippen LogP contribution is -2.25. The summed E-state index contributed by atoms with van der Waals surface area (Å²) < 4.78 is 9.89. The van der Waals surface area contributed by atoms with E-state index in [0.717, 1.165) is 5.76 Å². The number of carbonyl (C=O) groups excluding carboxylic acids is 1. The Morgan fingerprint density at radius 3 is 2.50 bits per heavy atom. The van der Waals surface area contributed by atoms with Crippen LogP contribution in [0.25, 0.3) is 0 Å². The molecule has 82 valence electrons. The molecule has 0 aliphatic carbocycles. The average molecular weight is 201 g/mol. The molecular formula is C10H19NO3. The first-order valence-corrected chi connectivity index (χ1v) is 4.87. The third-order valence-corrected chi connectivity index (χ3v) is 1.50. The molecule has 0 rings (SSSR count). The highest BCUT2D eigenvalue weighted by molar-refractivity contribution is 5.71. The Morgan fingerprint density at radius 2 is 1.93 bits per heavy atom. The summed E-state index contributed by atoms with van der Waals surface area (Å²) in [5, 5.41) is 2.94. The Labute approximate surface area is 85.3 Å². The molecule has 4 heteroatoms. The fourth-order valence-electron chi connectivity index (χ4n) is 0.907. The van der Waals surface area contributed by atoms with Gasteiger partial charge < -0.3 is 14.8 Å². The molecule has 0 bridgehead atoms. The number of ether oxygens (including phenoxy) is 2. The SMILES string of the molecule is C=C(CCNCC(=O)OCC)OCC. The van der Waals surface area contributed by atoms with Crippen molar-refractivity contribution in [2.45, 2.75) is 20.3 Å². The van der Waals surface area contributed by atoms with Crippen LogP contribution in [0.3, 0.4) is 0 Å². The van der Waals surface area contributed by atoms with Gasteiger partial charge in [0, 0.05) is 13.0 Å². The van der Waals surface area contributed by atoms with E-state index in [4.69, 9.17) is 9.47 Å². The highest BCUT2D eigenvalue weighted by Crippen LogP contribution is 1.97. The minimum absolute atomic E-state index is 0.227. The molecule has 4 nitrogen and oxygen atoms in total. The standard InChI is InChI=1S/C10H19NO3/c1-4-13-9(3)6-7-11-8-10(12)14-5-2/h11H,3-8H2,1-2H3. The third-order valence-electron chi connectivity index (χ3n) is 1.50. The van der Waals surface area contributed by atoms with E-state index in [1.54, 1.807) is 6.92 Å². The highest BCUT2D eigenvalue weighted by Gasteiger charge is 2.00. The third kappa shape index (κ3) is 7.61. The minimum atomic E-state index is -0.227. The predicted molar refractivity (Wildman–Crippen MR) is 54.9 cm³/mol. The molecule has 0 aromatic carbocycles. The number of hydrogen-bond acceptors (Lipinski definition) is 4. The maximum Gasteiger partial charge on any atom is 0.319 e. The first-order chi connectivity index (χ1) is 6.70. The Morgan fingerprint density at radius 1 is 1.29 bits per heavy atom. The normalized spacial score (nSPS) is 9.57. The summed E-state index contributed by atoms with van der Waals surface area (Å²) in [6, 6.07) is 0. The fraction of sp³-hybridized carbons (Fsp3) is 0.700. The van der Waals surface area contributed by atoms with E-state index >= 15 is 0 Å². The highest BCUT2D eigenvalue weighted by atomic mass is 16.5. The molecule has 0 aliphatic rings. The van der Waals surface area contributed by atoms with Crippen molar-refractivity contribution in [2.75, 3.05) is 26.3 Å². The molecule has 0 aliphatic heterocycles. The molecule has 0 fully saturated rings. The number of nitrogens with one attached hydrogen (secondary N) is 1. The van der Waals surface area contributed by atoms with Gasteiger partial charge in [-0.05, 0) is 13.8 Å². The van der Waals surface area contributed by atoms with Crippen LogP contribution in [-0.2, 0) is 14.3 Å². The molecule has 0 amide bonds. The first kappa shape index (κ1) is 13.0. The van der Waals surface area contributed by atoms with Crippen molar-refractivity contribution < 1.29 is 14.3 Å². The van der Waals surface area contributed by atoms with Crippen molar-refractivity contribution >= 4 is 5.97 Å². The van der Waals surface area contributed by atoms with Crippen LogP contribution in [0.1, 0.15) is 20.3 Å². The quantitative estimate of drug-likeness (QED) is 0.362. The molecule has 0 saturated heterocycles. The topological polar surface area (TPSA) is 47.6 Å². The average Bonchev–Trinajstić information content (AvgIpc) is 2.13. The number of rotatable bonds is 8. The molecule has 0 saturated carbocycles. The van der Waals surface area contributed by atoms with E-state index in [0.29, 0.717) is 26.2 Å². The van der Waals surface area contributed by atoms with E-state index in [1.807, 2.05) is 6.92 Å². The zero-order valence-electron chi connectivity index (χ0n) is 8.97. The summed E-state index contributed by atoms with van der Waals surface area (Å²) in [6.07, 6.45) is 0.716. The zero-order chi connectivity index (χ0) is 10.8. The summed E-state index contributed by atoms with van der Waals surface area (Å²) in [6.45, 7) is 9.40. The lowest BCUT2D eigenvalue weighted by atomic mass is 10.4. The summed E-state index contributed by atoms with van der Waals surface area (Å²) in [5.74, 6) is 0.512. The molecule has 1 N–H and O–H groups in total. The van der Waals surface area contributed by atoms with Crippen LogP contribution < -0.4 is 5.32 Å². The van der Waals surface area contributed by atoms with Crippen LogP contribution >= 0.6 is 0 Å². The van der Waals surface area contributed by atoms with Crippen LogP contribution in [0.4, 0.5) is 0 Å². The maximum atomic E-state index is 10.9. The van der Waals surface area contributed by atoms with Gasteiger partial charge in [-0.2, -0.15) is 0 Å².